The first-order valence-corrected chi connectivity index (χ1v) is 4.15. The van der Waals surface area contributed by atoms with Gasteiger partial charge in [-0.15, -0.1) is 0 Å². The molecule has 0 amide bonds. The van der Waals surface area contributed by atoms with E-state index in [2.05, 4.69) is 36.8 Å². The molecule has 0 aromatic carbocycles. The van der Waals surface area contributed by atoms with E-state index in [1.54, 1.807) is 0 Å². The van der Waals surface area contributed by atoms with E-state index in [1.165, 1.54) is 12.4 Å². The number of halogens is 2. The van der Waals surface area contributed by atoms with Crippen molar-refractivity contribution in [1.82, 2.24) is 4.98 Å². The molecule has 0 atom stereocenters. The van der Waals surface area contributed by atoms with Gasteiger partial charge in [-0.3, -0.25) is 15.1 Å². The van der Waals surface area contributed by atoms with Crippen LogP contribution in [-0.2, 0) is 0 Å². The lowest BCUT2D eigenvalue weighted by molar-refractivity contribution is -0.386. The summed E-state index contributed by atoms with van der Waals surface area (Å²) in [6.45, 7) is 0. The second kappa shape index (κ2) is 3.27. The summed E-state index contributed by atoms with van der Waals surface area (Å²) < 4.78 is 0.744. The van der Waals surface area contributed by atoms with Crippen LogP contribution < -0.4 is 0 Å². The van der Waals surface area contributed by atoms with Crippen LogP contribution in [0.5, 0.6) is 0 Å². The molecular weight excluding hydrogens is 280 g/mol. The fourth-order valence-electron chi connectivity index (χ4n) is 0.579. The molecule has 6 heteroatoms. The highest BCUT2D eigenvalue weighted by Gasteiger charge is 2.15. The van der Waals surface area contributed by atoms with Gasteiger partial charge >= 0.3 is 5.69 Å². The number of pyridine rings is 1. The Labute approximate surface area is 79.0 Å². The molecule has 0 unspecified atom stereocenters. The lowest BCUT2D eigenvalue weighted by Crippen LogP contribution is -1.91. The molecule has 0 bridgehead atoms. The first kappa shape index (κ1) is 8.61. The van der Waals surface area contributed by atoms with Gasteiger partial charge in [0.25, 0.3) is 0 Å². The van der Waals surface area contributed by atoms with Crippen molar-refractivity contribution in [2.45, 2.75) is 0 Å². The van der Waals surface area contributed by atoms with E-state index >= 15 is 0 Å². The van der Waals surface area contributed by atoms with Crippen molar-refractivity contribution in [1.29, 1.82) is 0 Å². The third-order valence-electron chi connectivity index (χ3n) is 1.01. The molecule has 0 aliphatic rings. The topological polar surface area (TPSA) is 56.0 Å². The zero-order valence-corrected chi connectivity index (χ0v) is 8.29. The average Bonchev–Trinajstić information content (AvgIpc) is 1.85. The van der Waals surface area contributed by atoms with Crippen molar-refractivity contribution in [2.75, 3.05) is 0 Å². The fraction of sp³-hybridized carbons (Fsp3) is 0. The molecule has 11 heavy (non-hydrogen) atoms. The molecule has 0 radical (unpaired) electrons. The summed E-state index contributed by atoms with van der Waals surface area (Å²) in [6.07, 6.45) is 2.76. The summed E-state index contributed by atoms with van der Waals surface area (Å²) in [5.41, 5.74) is 0.000000000000000222. The molecule has 1 rings (SSSR count). The Balaban J connectivity index is 3.32. The zero-order chi connectivity index (χ0) is 8.43. The van der Waals surface area contributed by atoms with Crippen molar-refractivity contribution in [3.8, 4) is 0 Å². The third kappa shape index (κ3) is 1.75. The first-order chi connectivity index (χ1) is 5.13. The highest BCUT2D eigenvalue weighted by molar-refractivity contribution is 9.11. The Morgan fingerprint density at radius 3 is 2.09 bits per heavy atom. The highest BCUT2D eigenvalue weighted by atomic mass is 79.9. The van der Waals surface area contributed by atoms with Crippen LogP contribution in [0.25, 0.3) is 0 Å². The van der Waals surface area contributed by atoms with Gasteiger partial charge in [0.1, 0.15) is 8.95 Å². The van der Waals surface area contributed by atoms with Gasteiger partial charge in [0.05, 0.1) is 4.92 Å². The molecular formula is C5H2Br2N2O2. The van der Waals surface area contributed by atoms with Gasteiger partial charge in [-0.05, 0) is 31.9 Å². The van der Waals surface area contributed by atoms with Gasteiger partial charge < -0.3 is 0 Å². The maximum Gasteiger partial charge on any atom is 0.300 e. The van der Waals surface area contributed by atoms with E-state index in [-0.39, 0.29) is 5.69 Å². The van der Waals surface area contributed by atoms with Gasteiger partial charge in [-0.25, -0.2) is 0 Å². The van der Waals surface area contributed by atoms with Crippen LogP contribution in [0.15, 0.2) is 21.3 Å². The van der Waals surface area contributed by atoms with Crippen LogP contribution in [0.2, 0.25) is 0 Å². The predicted octanol–water partition coefficient (Wildman–Crippen LogP) is 2.51. The maximum atomic E-state index is 10.4. The van der Waals surface area contributed by atoms with Gasteiger partial charge in [-0.2, -0.15) is 0 Å². The van der Waals surface area contributed by atoms with Gasteiger partial charge in [-0.1, -0.05) is 0 Å². The first-order valence-electron chi connectivity index (χ1n) is 2.56. The Morgan fingerprint density at radius 2 is 1.82 bits per heavy atom. The highest BCUT2D eigenvalue weighted by Crippen LogP contribution is 2.30. The Hall–Kier alpha value is -0.490. The molecule has 1 aromatic heterocycles. The molecule has 1 heterocycles. The van der Waals surface area contributed by atoms with E-state index in [9.17, 15) is 10.1 Å². The molecule has 0 N–H and O–H groups in total. The number of rotatable bonds is 1. The van der Waals surface area contributed by atoms with E-state index in [0.717, 1.165) is 0 Å². The summed E-state index contributed by atoms with van der Waals surface area (Å²) in [6, 6.07) is 0. The van der Waals surface area contributed by atoms with Crippen molar-refractivity contribution in [2.24, 2.45) is 0 Å². The summed E-state index contributed by atoms with van der Waals surface area (Å²) >= 11 is 6.03. The average molecular weight is 282 g/mol. The van der Waals surface area contributed by atoms with Gasteiger partial charge in [0.15, 0.2) is 0 Å². The van der Waals surface area contributed by atoms with Crippen molar-refractivity contribution < 1.29 is 4.92 Å². The molecule has 0 spiro atoms. The normalized spacial score (nSPS) is 9.64. The molecule has 0 aliphatic heterocycles. The van der Waals surface area contributed by atoms with Crippen LogP contribution in [0.3, 0.4) is 0 Å². The van der Waals surface area contributed by atoms with Crippen LogP contribution in [0, 0.1) is 10.1 Å². The second-order valence-corrected chi connectivity index (χ2v) is 3.42. The van der Waals surface area contributed by atoms with Crippen molar-refractivity contribution in [3.63, 3.8) is 0 Å². The quantitative estimate of drug-likeness (QED) is 0.587. The van der Waals surface area contributed by atoms with Crippen LogP contribution in [-0.4, -0.2) is 9.91 Å². The molecule has 58 valence electrons. The Morgan fingerprint density at radius 1 is 1.36 bits per heavy atom. The van der Waals surface area contributed by atoms with Crippen LogP contribution >= 0.6 is 31.9 Å². The van der Waals surface area contributed by atoms with Crippen LogP contribution in [0.4, 0.5) is 5.69 Å². The van der Waals surface area contributed by atoms with E-state index < -0.39 is 4.92 Å². The molecule has 0 saturated heterocycles. The minimum atomic E-state index is -0.476. The van der Waals surface area contributed by atoms with E-state index in [0.29, 0.717) is 8.95 Å². The standard InChI is InChI=1S/C5H2Br2N2O2/c6-3-1-8-2-4(7)5(3)9(10)11/h1-2H. The monoisotopic (exact) mass is 280 g/mol. The minimum absolute atomic E-state index is 0.000000000000000222. The molecule has 0 saturated carbocycles. The summed E-state index contributed by atoms with van der Waals surface area (Å²) in [5.74, 6) is 0. The predicted molar refractivity (Wildman–Crippen MR) is 46.3 cm³/mol. The number of hydrogen-bond donors (Lipinski definition) is 0. The van der Waals surface area contributed by atoms with Crippen molar-refractivity contribution in [3.05, 3.63) is 31.5 Å². The van der Waals surface area contributed by atoms with E-state index in [4.69, 9.17) is 0 Å². The van der Waals surface area contributed by atoms with Crippen molar-refractivity contribution >= 4 is 37.5 Å². The lowest BCUT2D eigenvalue weighted by Gasteiger charge is -1.95. The number of nitrogens with zero attached hydrogens (tertiary/aromatic N) is 2. The lowest BCUT2D eigenvalue weighted by atomic mass is 10.4. The third-order valence-corrected chi connectivity index (χ3v) is 2.17. The minimum Gasteiger partial charge on any atom is -0.262 e. The molecule has 4 nitrogen and oxygen atoms in total. The maximum absolute atomic E-state index is 10.4. The van der Waals surface area contributed by atoms with Crippen LogP contribution in [0.1, 0.15) is 0 Å². The Bertz CT molecular complexity index is 282. The fourth-order valence-corrected chi connectivity index (χ4v) is 1.80. The summed E-state index contributed by atoms with van der Waals surface area (Å²) in [5, 5.41) is 10.4. The Kier molecular flexibility index (Phi) is 2.56. The number of aromatic nitrogens is 1. The number of hydrogen-bond acceptors (Lipinski definition) is 3. The summed E-state index contributed by atoms with van der Waals surface area (Å²) in [7, 11) is 0. The largest absolute Gasteiger partial charge is 0.300 e. The van der Waals surface area contributed by atoms with E-state index in [1.807, 2.05) is 0 Å². The summed E-state index contributed by atoms with van der Waals surface area (Å²) in [4.78, 5) is 13.6. The smallest absolute Gasteiger partial charge is 0.262 e. The van der Waals surface area contributed by atoms with Gasteiger partial charge in [0, 0.05) is 12.4 Å². The number of nitro groups is 1. The second-order valence-electron chi connectivity index (χ2n) is 1.71. The zero-order valence-electron chi connectivity index (χ0n) is 5.12. The van der Waals surface area contributed by atoms with Gasteiger partial charge in [0.2, 0.25) is 0 Å². The molecule has 0 fully saturated rings. The SMILES string of the molecule is O=[N+]([O-])c1c(Br)cncc1Br. The molecule has 1 aromatic rings. The molecule has 0 aliphatic carbocycles.